The highest BCUT2D eigenvalue weighted by molar-refractivity contribution is 5.80. The van der Waals surface area contributed by atoms with Gasteiger partial charge in [0, 0.05) is 6.42 Å². The third-order valence-corrected chi connectivity index (χ3v) is 2.26. The minimum Gasteiger partial charge on any atom is -0.464 e. The van der Waals surface area contributed by atoms with Gasteiger partial charge in [0.2, 0.25) is 5.67 Å². The van der Waals surface area contributed by atoms with Gasteiger partial charge in [-0.25, -0.2) is 9.18 Å². The zero-order valence-corrected chi connectivity index (χ0v) is 10.3. The molecule has 0 aliphatic heterocycles. The number of ether oxygens (including phenoxy) is 1. The van der Waals surface area contributed by atoms with E-state index in [0.29, 0.717) is 12.0 Å². The Morgan fingerprint density at radius 3 is 2.50 bits per heavy atom. The van der Waals surface area contributed by atoms with Crippen LogP contribution in [0.5, 0.6) is 0 Å². The molecule has 0 rings (SSSR count). The van der Waals surface area contributed by atoms with E-state index in [0.717, 1.165) is 0 Å². The summed E-state index contributed by atoms with van der Waals surface area (Å²) in [5.41, 5.74) is -1.86. The van der Waals surface area contributed by atoms with Crippen LogP contribution in [-0.4, -0.2) is 29.5 Å². The number of carbonyl (C=O) groups is 1. The average molecular weight is 232 g/mol. The molecule has 0 heterocycles. The molecule has 0 aromatic carbocycles. The van der Waals surface area contributed by atoms with Crippen LogP contribution in [0, 0.1) is 0 Å². The molecule has 0 radical (unpaired) electrons. The Balaban J connectivity index is 4.85. The molecule has 0 saturated heterocycles. The van der Waals surface area contributed by atoms with Crippen molar-refractivity contribution in [2.24, 2.45) is 0 Å². The van der Waals surface area contributed by atoms with E-state index in [-0.39, 0.29) is 19.4 Å². The molecule has 0 aromatic rings. The maximum atomic E-state index is 14.4. The minimum absolute atomic E-state index is 0.0968. The third-order valence-electron chi connectivity index (χ3n) is 2.26. The quantitative estimate of drug-likeness (QED) is 0.541. The molecular formula is C12H21FO3. The Labute approximate surface area is 96.3 Å². The van der Waals surface area contributed by atoms with Crippen molar-refractivity contribution in [1.29, 1.82) is 0 Å². The minimum atomic E-state index is -2.36. The molecule has 0 fully saturated rings. The van der Waals surface area contributed by atoms with Gasteiger partial charge in [0.15, 0.2) is 0 Å². The maximum Gasteiger partial charge on any atom is 0.346 e. The Morgan fingerprint density at radius 1 is 1.56 bits per heavy atom. The van der Waals surface area contributed by atoms with Crippen LogP contribution in [0.2, 0.25) is 0 Å². The summed E-state index contributed by atoms with van der Waals surface area (Å²) in [7, 11) is 0. The van der Waals surface area contributed by atoms with Gasteiger partial charge in [-0.15, -0.1) is 6.58 Å². The fraction of sp³-hybridized carbons (Fsp3) is 0.750. The number of hydrogen-bond acceptors (Lipinski definition) is 3. The van der Waals surface area contributed by atoms with Gasteiger partial charge in [-0.3, -0.25) is 0 Å². The summed E-state index contributed by atoms with van der Waals surface area (Å²) in [4.78, 5) is 11.5. The highest BCUT2D eigenvalue weighted by Crippen LogP contribution is 2.29. The molecule has 0 aliphatic carbocycles. The molecule has 0 spiro atoms. The van der Waals surface area contributed by atoms with Gasteiger partial charge >= 0.3 is 5.97 Å². The van der Waals surface area contributed by atoms with Crippen LogP contribution in [0.1, 0.15) is 40.0 Å². The number of aliphatic hydroxyl groups is 1. The first kappa shape index (κ1) is 15.1. The van der Waals surface area contributed by atoms with Gasteiger partial charge in [-0.2, -0.15) is 0 Å². The maximum absolute atomic E-state index is 14.4. The van der Waals surface area contributed by atoms with Crippen molar-refractivity contribution < 1.29 is 19.0 Å². The van der Waals surface area contributed by atoms with Crippen LogP contribution in [0.4, 0.5) is 4.39 Å². The van der Waals surface area contributed by atoms with E-state index in [1.807, 2.05) is 6.92 Å². The van der Waals surface area contributed by atoms with Crippen LogP contribution < -0.4 is 0 Å². The summed E-state index contributed by atoms with van der Waals surface area (Å²) >= 11 is 0. The van der Waals surface area contributed by atoms with Crippen LogP contribution in [0.3, 0.4) is 0 Å². The van der Waals surface area contributed by atoms with Gasteiger partial charge in [-0.05, 0) is 20.3 Å². The molecule has 4 heteroatoms. The monoisotopic (exact) mass is 232 g/mol. The fourth-order valence-corrected chi connectivity index (χ4v) is 1.52. The Morgan fingerprint density at radius 2 is 2.12 bits per heavy atom. The van der Waals surface area contributed by atoms with Crippen LogP contribution in [0.15, 0.2) is 12.2 Å². The van der Waals surface area contributed by atoms with Crippen LogP contribution in [-0.2, 0) is 9.53 Å². The molecular weight excluding hydrogens is 211 g/mol. The topological polar surface area (TPSA) is 46.5 Å². The van der Waals surface area contributed by atoms with Gasteiger partial charge in [0.25, 0.3) is 0 Å². The lowest BCUT2D eigenvalue weighted by Crippen LogP contribution is -2.46. The van der Waals surface area contributed by atoms with Crippen molar-refractivity contribution in [2.75, 3.05) is 6.61 Å². The highest BCUT2D eigenvalue weighted by atomic mass is 19.1. The number of aliphatic hydroxyl groups excluding tert-OH is 1. The van der Waals surface area contributed by atoms with Crippen molar-refractivity contribution in [2.45, 2.75) is 51.8 Å². The van der Waals surface area contributed by atoms with E-state index in [9.17, 15) is 14.3 Å². The summed E-state index contributed by atoms with van der Waals surface area (Å²) < 4.78 is 19.1. The van der Waals surface area contributed by atoms with E-state index >= 15 is 0 Å². The van der Waals surface area contributed by atoms with E-state index < -0.39 is 17.7 Å². The first-order valence-electron chi connectivity index (χ1n) is 5.57. The number of esters is 1. The number of allylic oxidation sites excluding steroid dienone is 1. The lowest BCUT2D eigenvalue weighted by Gasteiger charge is -2.28. The number of carbonyl (C=O) groups excluding carboxylic acids is 1. The predicted molar refractivity (Wildman–Crippen MR) is 60.8 cm³/mol. The number of alkyl halides is 1. The number of halogens is 1. The average Bonchev–Trinajstić information content (AvgIpc) is 2.17. The van der Waals surface area contributed by atoms with E-state index in [2.05, 4.69) is 11.3 Å². The number of hydrogen-bond donors (Lipinski definition) is 1. The first-order valence-corrected chi connectivity index (χ1v) is 5.57. The van der Waals surface area contributed by atoms with Crippen molar-refractivity contribution in [1.82, 2.24) is 0 Å². The first-order chi connectivity index (χ1) is 7.38. The molecule has 0 amide bonds. The zero-order chi connectivity index (χ0) is 12.8. The predicted octanol–water partition coefficient (Wildman–Crippen LogP) is 2.39. The second kappa shape index (κ2) is 6.63. The van der Waals surface area contributed by atoms with Crippen molar-refractivity contribution in [3.8, 4) is 0 Å². The van der Waals surface area contributed by atoms with Gasteiger partial charge in [0.1, 0.15) is 0 Å². The molecule has 0 aliphatic rings. The summed E-state index contributed by atoms with van der Waals surface area (Å²) in [5.74, 6) is -1.00. The third kappa shape index (κ3) is 3.93. The van der Waals surface area contributed by atoms with E-state index in [1.54, 1.807) is 13.8 Å². The smallest absolute Gasteiger partial charge is 0.346 e. The molecule has 0 saturated carbocycles. The van der Waals surface area contributed by atoms with Gasteiger partial charge < -0.3 is 9.84 Å². The SMILES string of the molecule is C=C(C)C[C@@](F)(C(=O)OCC)[C@H](O)CCC. The molecule has 0 unspecified atom stereocenters. The second-order valence-corrected chi connectivity index (χ2v) is 4.02. The molecule has 3 nitrogen and oxygen atoms in total. The number of rotatable bonds is 7. The molecule has 0 aromatic heterocycles. The van der Waals surface area contributed by atoms with Gasteiger partial charge in [0.05, 0.1) is 12.7 Å². The summed E-state index contributed by atoms with van der Waals surface area (Å²) in [6.45, 7) is 8.70. The highest BCUT2D eigenvalue weighted by Gasteiger charge is 2.46. The lowest BCUT2D eigenvalue weighted by atomic mass is 9.89. The van der Waals surface area contributed by atoms with Crippen molar-refractivity contribution >= 4 is 5.97 Å². The van der Waals surface area contributed by atoms with Crippen molar-refractivity contribution in [3.05, 3.63) is 12.2 Å². The Hall–Kier alpha value is -0.900. The van der Waals surface area contributed by atoms with Crippen LogP contribution >= 0.6 is 0 Å². The molecule has 0 bridgehead atoms. The van der Waals surface area contributed by atoms with E-state index in [1.165, 1.54) is 0 Å². The molecule has 16 heavy (non-hydrogen) atoms. The van der Waals surface area contributed by atoms with Gasteiger partial charge in [-0.1, -0.05) is 18.9 Å². The molecule has 1 N–H and O–H groups in total. The lowest BCUT2D eigenvalue weighted by molar-refractivity contribution is -0.166. The largest absolute Gasteiger partial charge is 0.464 e. The molecule has 94 valence electrons. The fourth-order valence-electron chi connectivity index (χ4n) is 1.52. The van der Waals surface area contributed by atoms with Crippen molar-refractivity contribution in [3.63, 3.8) is 0 Å². The summed E-state index contributed by atoms with van der Waals surface area (Å²) in [6, 6.07) is 0. The Kier molecular flexibility index (Phi) is 6.26. The van der Waals surface area contributed by atoms with E-state index in [4.69, 9.17) is 0 Å². The normalized spacial score (nSPS) is 16.3. The van der Waals surface area contributed by atoms with Crippen LogP contribution in [0.25, 0.3) is 0 Å². The second-order valence-electron chi connectivity index (χ2n) is 4.02. The molecule has 2 atom stereocenters. The zero-order valence-electron chi connectivity index (χ0n) is 10.3. The standard InChI is InChI=1S/C12H21FO3/c1-5-7-10(14)12(13,8-9(3)4)11(15)16-6-2/h10,14H,3,5-8H2,1-2,4H3/t10-,12+/m1/s1. The summed E-state index contributed by atoms with van der Waals surface area (Å²) in [6.07, 6.45) is -0.717. The Bertz CT molecular complexity index is 253. The summed E-state index contributed by atoms with van der Waals surface area (Å²) in [5, 5.41) is 9.70.